The number of aromatic nitrogens is 2. The van der Waals surface area contributed by atoms with Crippen LogP contribution in [0.2, 0.25) is 0 Å². The van der Waals surface area contributed by atoms with Gasteiger partial charge in [0.05, 0.1) is 18.9 Å². The van der Waals surface area contributed by atoms with Crippen LogP contribution in [0.25, 0.3) is 10.9 Å². The first-order valence-electron chi connectivity index (χ1n) is 8.66. The van der Waals surface area contributed by atoms with Gasteiger partial charge in [-0.05, 0) is 35.7 Å². The summed E-state index contributed by atoms with van der Waals surface area (Å²) in [4.78, 5) is 20.6. The first kappa shape index (κ1) is 19.7. The second-order valence-electron chi connectivity index (χ2n) is 6.21. The summed E-state index contributed by atoms with van der Waals surface area (Å²) in [5.74, 6) is -1.24. The fraction of sp³-hybridized carbons (Fsp3) is 0.250. The van der Waals surface area contributed by atoms with E-state index in [9.17, 15) is 19.4 Å². The van der Waals surface area contributed by atoms with Crippen molar-refractivity contribution in [2.75, 3.05) is 20.3 Å². The molecule has 0 aliphatic carbocycles. The number of amides is 1. The average molecular weight is 385 g/mol. The SMILES string of the molecule is COCCNC(=O)c1nc(CO)c2cc(Cc3ccc(F)cc3)cnc2c1O. The van der Waals surface area contributed by atoms with E-state index in [2.05, 4.69) is 15.3 Å². The lowest BCUT2D eigenvalue weighted by molar-refractivity contribution is 0.0929. The maximum Gasteiger partial charge on any atom is 0.273 e. The normalized spacial score (nSPS) is 11.0. The molecule has 7 nitrogen and oxygen atoms in total. The second-order valence-corrected chi connectivity index (χ2v) is 6.21. The third-order valence-corrected chi connectivity index (χ3v) is 4.23. The number of fused-ring (bicyclic) bond motifs is 1. The largest absolute Gasteiger partial charge is 0.504 e. The van der Waals surface area contributed by atoms with Crippen LogP contribution in [0.5, 0.6) is 5.75 Å². The zero-order valence-electron chi connectivity index (χ0n) is 15.3. The minimum atomic E-state index is -0.580. The van der Waals surface area contributed by atoms with Crippen LogP contribution in [0.4, 0.5) is 4.39 Å². The lowest BCUT2D eigenvalue weighted by atomic mass is 10.0. The molecule has 0 atom stereocenters. The molecule has 1 aromatic carbocycles. The van der Waals surface area contributed by atoms with E-state index < -0.39 is 12.5 Å². The van der Waals surface area contributed by atoms with Crippen molar-refractivity contribution in [2.45, 2.75) is 13.0 Å². The van der Waals surface area contributed by atoms with Crippen LogP contribution in [-0.2, 0) is 17.8 Å². The third-order valence-electron chi connectivity index (χ3n) is 4.23. The van der Waals surface area contributed by atoms with Crippen molar-refractivity contribution in [1.29, 1.82) is 0 Å². The van der Waals surface area contributed by atoms with Crippen molar-refractivity contribution in [3.05, 3.63) is 64.9 Å². The second kappa shape index (κ2) is 8.73. The van der Waals surface area contributed by atoms with Gasteiger partial charge in [0, 0.05) is 25.2 Å². The fourth-order valence-electron chi connectivity index (χ4n) is 2.84. The van der Waals surface area contributed by atoms with Crippen LogP contribution >= 0.6 is 0 Å². The third kappa shape index (κ3) is 4.24. The summed E-state index contributed by atoms with van der Waals surface area (Å²) in [7, 11) is 1.51. The van der Waals surface area contributed by atoms with Gasteiger partial charge in [-0.25, -0.2) is 9.37 Å². The number of ether oxygens (including phenoxy) is 1. The number of pyridine rings is 2. The first-order chi connectivity index (χ1) is 13.5. The van der Waals surface area contributed by atoms with E-state index in [1.54, 1.807) is 24.4 Å². The van der Waals surface area contributed by atoms with Crippen molar-refractivity contribution in [3.8, 4) is 5.75 Å². The Morgan fingerprint density at radius 1 is 1.25 bits per heavy atom. The average Bonchev–Trinajstić information content (AvgIpc) is 2.70. The highest BCUT2D eigenvalue weighted by molar-refractivity contribution is 6.01. The molecule has 2 heterocycles. The molecule has 3 rings (SSSR count). The number of rotatable bonds is 7. The van der Waals surface area contributed by atoms with Gasteiger partial charge in [-0.2, -0.15) is 0 Å². The molecule has 0 aliphatic rings. The van der Waals surface area contributed by atoms with Crippen LogP contribution in [0, 0.1) is 5.82 Å². The topological polar surface area (TPSA) is 105 Å². The Bertz CT molecular complexity index is 993. The van der Waals surface area contributed by atoms with E-state index in [1.165, 1.54) is 19.2 Å². The minimum absolute atomic E-state index is 0.179. The van der Waals surface area contributed by atoms with Crippen molar-refractivity contribution >= 4 is 16.8 Å². The quantitative estimate of drug-likeness (QED) is 0.537. The summed E-state index contributed by atoms with van der Waals surface area (Å²) in [6.45, 7) is 0.154. The number of aromatic hydroxyl groups is 1. The lowest BCUT2D eigenvalue weighted by Crippen LogP contribution is -2.28. The summed E-state index contributed by atoms with van der Waals surface area (Å²) in [6, 6.07) is 7.86. The molecular weight excluding hydrogens is 365 g/mol. The number of hydrogen-bond acceptors (Lipinski definition) is 6. The van der Waals surface area contributed by atoms with Gasteiger partial charge in [0.1, 0.15) is 11.3 Å². The molecule has 0 fully saturated rings. The maximum atomic E-state index is 13.1. The summed E-state index contributed by atoms with van der Waals surface area (Å²) in [5.41, 5.74) is 1.90. The zero-order valence-corrected chi connectivity index (χ0v) is 15.3. The van der Waals surface area contributed by atoms with E-state index in [-0.39, 0.29) is 35.0 Å². The molecule has 8 heteroatoms. The summed E-state index contributed by atoms with van der Waals surface area (Å²) in [6.07, 6.45) is 2.06. The van der Waals surface area contributed by atoms with Gasteiger partial charge in [0.15, 0.2) is 11.4 Å². The molecule has 0 saturated carbocycles. The van der Waals surface area contributed by atoms with E-state index >= 15 is 0 Å². The number of nitrogens with one attached hydrogen (secondary N) is 1. The monoisotopic (exact) mass is 385 g/mol. The number of carbonyl (C=O) groups is 1. The van der Waals surface area contributed by atoms with Gasteiger partial charge in [0.2, 0.25) is 0 Å². The molecule has 3 N–H and O–H groups in total. The van der Waals surface area contributed by atoms with Crippen LogP contribution in [0.15, 0.2) is 36.5 Å². The summed E-state index contributed by atoms with van der Waals surface area (Å²) in [5, 5.41) is 23.2. The predicted octanol–water partition coefficient (Wildman–Crippen LogP) is 1.93. The number of nitrogens with zero attached hydrogens (tertiary/aromatic N) is 2. The van der Waals surface area contributed by atoms with Crippen LogP contribution < -0.4 is 5.32 Å². The number of aliphatic hydroxyl groups excluding tert-OH is 1. The number of methoxy groups -OCH3 is 1. The Balaban J connectivity index is 1.95. The van der Waals surface area contributed by atoms with E-state index in [0.29, 0.717) is 18.4 Å². The molecule has 2 aromatic heterocycles. The van der Waals surface area contributed by atoms with Gasteiger partial charge in [0.25, 0.3) is 5.91 Å². The highest BCUT2D eigenvalue weighted by atomic mass is 19.1. The molecule has 0 bridgehead atoms. The van der Waals surface area contributed by atoms with Crippen molar-refractivity contribution in [1.82, 2.24) is 15.3 Å². The molecule has 3 aromatic rings. The molecule has 28 heavy (non-hydrogen) atoms. The minimum Gasteiger partial charge on any atom is -0.504 e. The number of aliphatic hydroxyl groups is 1. The zero-order chi connectivity index (χ0) is 20.1. The molecule has 1 amide bonds. The highest BCUT2D eigenvalue weighted by Crippen LogP contribution is 2.29. The van der Waals surface area contributed by atoms with Gasteiger partial charge in [-0.15, -0.1) is 0 Å². The predicted molar refractivity (Wildman–Crippen MR) is 101 cm³/mol. The Labute approximate surface area is 160 Å². The Morgan fingerprint density at radius 2 is 2.00 bits per heavy atom. The van der Waals surface area contributed by atoms with Crippen molar-refractivity contribution < 1.29 is 24.1 Å². The number of carbonyl (C=O) groups excluding carboxylic acids is 1. The molecule has 0 aliphatic heterocycles. The Hall–Kier alpha value is -3.10. The number of hydrogen-bond donors (Lipinski definition) is 3. The van der Waals surface area contributed by atoms with Gasteiger partial charge >= 0.3 is 0 Å². The number of benzene rings is 1. The van der Waals surface area contributed by atoms with Gasteiger partial charge in [-0.1, -0.05) is 12.1 Å². The van der Waals surface area contributed by atoms with Crippen molar-refractivity contribution in [2.24, 2.45) is 0 Å². The van der Waals surface area contributed by atoms with E-state index in [0.717, 1.165) is 11.1 Å². The maximum absolute atomic E-state index is 13.1. The molecular formula is C20H20FN3O4. The van der Waals surface area contributed by atoms with Crippen LogP contribution in [0.3, 0.4) is 0 Å². The smallest absolute Gasteiger partial charge is 0.273 e. The molecule has 0 radical (unpaired) electrons. The molecule has 146 valence electrons. The Kier molecular flexibility index (Phi) is 6.13. The van der Waals surface area contributed by atoms with Crippen LogP contribution in [-0.4, -0.2) is 46.3 Å². The van der Waals surface area contributed by atoms with Crippen LogP contribution in [0.1, 0.15) is 27.3 Å². The van der Waals surface area contributed by atoms with Crippen molar-refractivity contribution in [3.63, 3.8) is 0 Å². The molecule has 0 spiro atoms. The number of halogens is 1. The fourth-order valence-corrected chi connectivity index (χ4v) is 2.84. The summed E-state index contributed by atoms with van der Waals surface area (Å²) >= 11 is 0. The first-order valence-corrected chi connectivity index (χ1v) is 8.66. The van der Waals surface area contributed by atoms with E-state index in [4.69, 9.17) is 4.74 Å². The van der Waals surface area contributed by atoms with E-state index in [1.807, 2.05) is 0 Å². The lowest BCUT2D eigenvalue weighted by Gasteiger charge is -2.12. The molecule has 0 unspecified atom stereocenters. The highest BCUT2D eigenvalue weighted by Gasteiger charge is 2.20. The van der Waals surface area contributed by atoms with Gasteiger partial charge < -0.3 is 20.3 Å². The summed E-state index contributed by atoms with van der Waals surface area (Å²) < 4.78 is 17.9. The van der Waals surface area contributed by atoms with Gasteiger partial charge in [-0.3, -0.25) is 9.78 Å². The molecule has 0 saturated heterocycles. The Morgan fingerprint density at radius 3 is 2.68 bits per heavy atom. The standard InChI is InChI=1S/C20H20FN3O4/c1-28-7-6-22-20(27)18-19(26)17-15(16(11-25)24-18)9-13(10-23-17)8-12-2-4-14(21)5-3-12/h2-5,9-10,25-26H,6-8,11H2,1H3,(H,22,27).